The van der Waals surface area contributed by atoms with Crippen molar-refractivity contribution >= 4 is 17.7 Å². The lowest BCUT2D eigenvalue weighted by molar-refractivity contribution is -0.123. The lowest BCUT2D eigenvalue weighted by atomic mass is 9.98. The first-order valence-electron chi connectivity index (χ1n) is 5.83. The minimum atomic E-state index is -0.562. The van der Waals surface area contributed by atoms with Gasteiger partial charge in [-0.1, -0.05) is 6.92 Å². The van der Waals surface area contributed by atoms with Crippen molar-refractivity contribution in [1.82, 2.24) is 5.32 Å². The standard InChI is InChI=1S/C11H22N2O2S/c1-3-5-13-11(2,10(12)14)4-6-16-9-7-15-8-9/h9,13H,3-8H2,1-2H3,(H2,12,14). The Labute approximate surface area is 102 Å². The molecule has 1 rings (SSSR count). The van der Waals surface area contributed by atoms with Gasteiger partial charge in [-0.15, -0.1) is 0 Å². The summed E-state index contributed by atoms with van der Waals surface area (Å²) in [5.41, 5.74) is 4.88. The Kier molecular flexibility index (Phi) is 5.58. The number of hydrogen-bond acceptors (Lipinski definition) is 4. The van der Waals surface area contributed by atoms with Crippen LogP contribution in [0.15, 0.2) is 0 Å². The van der Waals surface area contributed by atoms with Gasteiger partial charge in [0.05, 0.1) is 24.0 Å². The van der Waals surface area contributed by atoms with Gasteiger partial charge in [-0.25, -0.2) is 0 Å². The number of ether oxygens (including phenoxy) is 1. The van der Waals surface area contributed by atoms with Crippen molar-refractivity contribution in [2.45, 2.75) is 37.5 Å². The molecule has 4 nitrogen and oxygen atoms in total. The second kappa shape index (κ2) is 6.47. The van der Waals surface area contributed by atoms with Crippen LogP contribution in [0.1, 0.15) is 26.7 Å². The van der Waals surface area contributed by atoms with Crippen molar-refractivity contribution in [3.05, 3.63) is 0 Å². The summed E-state index contributed by atoms with van der Waals surface area (Å²) in [5.74, 6) is 0.691. The first kappa shape index (κ1) is 13.8. The van der Waals surface area contributed by atoms with Crippen LogP contribution >= 0.6 is 11.8 Å². The minimum Gasteiger partial charge on any atom is -0.379 e. The van der Waals surface area contributed by atoms with Crippen molar-refractivity contribution in [3.63, 3.8) is 0 Å². The van der Waals surface area contributed by atoms with Gasteiger partial charge in [-0.05, 0) is 32.1 Å². The van der Waals surface area contributed by atoms with Crippen LogP contribution in [0.3, 0.4) is 0 Å². The molecule has 1 fully saturated rings. The van der Waals surface area contributed by atoms with E-state index in [1.807, 2.05) is 18.7 Å². The van der Waals surface area contributed by atoms with Crippen molar-refractivity contribution < 1.29 is 9.53 Å². The summed E-state index contributed by atoms with van der Waals surface area (Å²) in [4.78, 5) is 11.4. The Hall–Kier alpha value is -0.260. The van der Waals surface area contributed by atoms with Gasteiger partial charge in [0.15, 0.2) is 0 Å². The predicted octanol–water partition coefficient (Wildman–Crippen LogP) is 0.752. The van der Waals surface area contributed by atoms with E-state index in [4.69, 9.17) is 10.5 Å². The normalized spacial score (nSPS) is 20.1. The van der Waals surface area contributed by atoms with E-state index < -0.39 is 5.54 Å². The number of hydrogen-bond donors (Lipinski definition) is 2. The summed E-state index contributed by atoms with van der Waals surface area (Å²) in [6.45, 7) is 6.50. The van der Waals surface area contributed by atoms with Crippen molar-refractivity contribution in [2.24, 2.45) is 5.73 Å². The number of thioether (sulfide) groups is 1. The summed E-state index contributed by atoms with van der Waals surface area (Å²) in [7, 11) is 0. The van der Waals surface area contributed by atoms with Crippen LogP contribution in [0.5, 0.6) is 0 Å². The predicted molar refractivity (Wildman–Crippen MR) is 67.6 cm³/mol. The third-order valence-electron chi connectivity index (χ3n) is 2.87. The van der Waals surface area contributed by atoms with E-state index in [1.165, 1.54) is 0 Å². The zero-order chi connectivity index (χ0) is 12.0. The van der Waals surface area contributed by atoms with Crippen molar-refractivity contribution in [1.29, 1.82) is 0 Å². The first-order valence-corrected chi connectivity index (χ1v) is 6.87. The first-order chi connectivity index (χ1) is 7.58. The number of nitrogens with one attached hydrogen (secondary N) is 1. The van der Waals surface area contributed by atoms with Crippen LogP contribution in [0.4, 0.5) is 0 Å². The molecule has 0 bridgehead atoms. The quantitative estimate of drug-likeness (QED) is 0.663. The van der Waals surface area contributed by atoms with E-state index in [9.17, 15) is 4.79 Å². The highest BCUT2D eigenvalue weighted by atomic mass is 32.2. The second-order valence-electron chi connectivity index (χ2n) is 4.40. The smallest absolute Gasteiger partial charge is 0.237 e. The van der Waals surface area contributed by atoms with Crippen LogP contribution in [0.2, 0.25) is 0 Å². The maximum Gasteiger partial charge on any atom is 0.237 e. The number of carbonyl (C=O) groups excluding carboxylic acids is 1. The maximum absolute atomic E-state index is 11.4. The third-order valence-corrected chi connectivity index (χ3v) is 4.06. The van der Waals surface area contributed by atoms with E-state index in [0.717, 1.165) is 38.4 Å². The van der Waals surface area contributed by atoms with Crippen molar-refractivity contribution in [2.75, 3.05) is 25.5 Å². The molecule has 0 saturated carbocycles. The molecular weight excluding hydrogens is 224 g/mol. The van der Waals surface area contributed by atoms with E-state index in [-0.39, 0.29) is 5.91 Å². The van der Waals surface area contributed by atoms with Crippen molar-refractivity contribution in [3.8, 4) is 0 Å². The molecule has 1 aliphatic rings. The van der Waals surface area contributed by atoms with Crippen LogP contribution in [-0.2, 0) is 9.53 Å². The van der Waals surface area contributed by atoms with Gasteiger partial charge in [0.25, 0.3) is 0 Å². The molecule has 1 atom stereocenters. The summed E-state index contributed by atoms with van der Waals surface area (Å²) >= 11 is 1.87. The highest BCUT2D eigenvalue weighted by Gasteiger charge is 2.30. The molecule has 3 N–H and O–H groups in total. The van der Waals surface area contributed by atoms with E-state index in [0.29, 0.717) is 5.25 Å². The lowest BCUT2D eigenvalue weighted by Gasteiger charge is -2.30. The van der Waals surface area contributed by atoms with E-state index >= 15 is 0 Å². The number of carbonyl (C=O) groups is 1. The Morgan fingerprint density at radius 1 is 1.62 bits per heavy atom. The van der Waals surface area contributed by atoms with E-state index in [1.54, 1.807) is 0 Å². The molecule has 0 aliphatic carbocycles. The number of nitrogens with two attached hydrogens (primary N) is 1. The highest BCUT2D eigenvalue weighted by molar-refractivity contribution is 8.00. The van der Waals surface area contributed by atoms with Crippen LogP contribution in [-0.4, -0.2) is 42.2 Å². The Morgan fingerprint density at radius 2 is 2.31 bits per heavy atom. The van der Waals surface area contributed by atoms with Gasteiger partial charge >= 0.3 is 0 Å². The van der Waals surface area contributed by atoms with Crippen LogP contribution in [0, 0.1) is 0 Å². The molecule has 1 aliphatic heterocycles. The van der Waals surface area contributed by atoms with Gasteiger partial charge in [-0.3, -0.25) is 4.79 Å². The largest absolute Gasteiger partial charge is 0.379 e. The molecule has 0 aromatic heterocycles. The Morgan fingerprint density at radius 3 is 2.75 bits per heavy atom. The van der Waals surface area contributed by atoms with Gasteiger partial charge in [0, 0.05) is 0 Å². The second-order valence-corrected chi connectivity index (χ2v) is 5.81. The summed E-state index contributed by atoms with van der Waals surface area (Å²) in [6.07, 6.45) is 1.79. The number of primary amides is 1. The fourth-order valence-corrected chi connectivity index (χ4v) is 2.68. The molecule has 1 amide bonds. The van der Waals surface area contributed by atoms with Gasteiger partial charge in [0.2, 0.25) is 5.91 Å². The van der Waals surface area contributed by atoms with Crippen LogP contribution < -0.4 is 11.1 Å². The van der Waals surface area contributed by atoms with E-state index in [2.05, 4.69) is 12.2 Å². The van der Waals surface area contributed by atoms with Gasteiger partial charge in [-0.2, -0.15) is 11.8 Å². The fourth-order valence-electron chi connectivity index (χ4n) is 1.44. The topological polar surface area (TPSA) is 64.3 Å². The zero-order valence-corrected chi connectivity index (χ0v) is 10.9. The zero-order valence-electron chi connectivity index (χ0n) is 10.1. The average molecular weight is 246 g/mol. The molecule has 1 saturated heterocycles. The summed E-state index contributed by atoms with van der Waals surface area (Å²) < 4.78 is 5.10. The molecule has 0 aromatic rings. The average Bonchev–Trinajstić information content (AvgIpc) is 2.18. The molecule has 5 heteroatoms. The fraction of sp³-hybridized carbons (Fsp3) is 0.909. The molecule has 0 radical (unpaired) electrons. The summed E-state index contributed by atoms with van der Waals surface area (Å²) in [6, 6.07) is 0. The Balaban J connectivity index is 2.27. The third kappa shape index (κ3) is 3.96. The molecular formula is C11H22N2O2S. The molecule has 1 heterocycles. The maximum atomic E-state index is 11.4. The van der Waals surface area contributed by atoms with Gasteiger partial charge < -0.3 is 15.8 Å². The molecule has 0 aromatic carbocycles. The number of amides is 1. The SMILES string of the molecule is CCCNC(C)(CCSC1COC1)C(N)=O. The molecule has 0 spiro atoms. The highest BCUT2D eigenvalue weighted by Crippen LogP contribution is 2.22. The molecule has 16 heavy (non-hydrogen) atoms. The molecule has 1 unspecified atom stereocenters. The number of rotatable bonds is 8. The van der Waals surface area contributed by atoms with Gasteiger partial charge in [0.1, 0.15) is 0 Å². The summed E-state index contributed by atoms with van der Waals surface area (Å²) in [5, 5.41) is 3.85. The minimum absolute atomic E-state index is 0.258. The lowest BCUT2D eigenvalue weighted by Crippen LogP contribution is -2.53. The molecule has 94 valence electrons. The Bertz CT molecular complexity index is 234. The monoisotopic (exact) mass is 246 g/mol. The van der Waals surface area contributed by atoms with Crippen LogP contribution in [0.25, 0.3) is 0 Å².